The topological polar surface area (TPSA) is 72.7 Å². The number of carboxylic acid groups (broad SMARTS) is 1. The van der Waals surface area contributed by atoms with Crippen LogP contribution in [0.5, 0.6) is 0 Å². The van der Waals surface area contributed by atoms with Crippen molar-refractivity contribution in [2.45, 2.75) is 18.9 Å². The second-order valence-corrected chi connectivity index (χ2v) is 1.92. The second-order valence-electron chi connectivity index (χ2n) is 1.92. The number of hydrogen-bond acceptors (Lipinski definition) is 3. The molecule has 1 aliphatic rings. The first-order chi connectivity index (χ1) is 4.20. The van der Waals surface area contributed by atoms with Crippen LogP contribution in [0.25, 0.3) is 0 Å². The van der Waals surface area contributed by atoms with E-state index in [1.54, 1.807) is 0 Å². The van der Waals surface area contributed by atoms with Crippen LogP contribution in [0.1, 0.15) is 12.8 Å². The van der Waals surface area contributed by atoms with E-state index in [1.165, 1.54) is 0 Å². The minimum absolute atomic E-state index is 0. The molecule has 0 saturated heterocycles. The van der Waals surface area contributed by atoms with Crippen LogP contribution in [0.3, 0.4) is 0 Å². The second kappa shape index (κ2) is 4.79. The number of nitrogens with zero attached hydrogens (tertiary/aromatic N) is 1. The predicted molar refractivity (Wildman–Crippen MR) is 28.1 cm³/mol. The molecule has 1 N–H and O–H groups in total. The van der Waals surface area contributed by atoms with Gasteiger partial charge >= 0.3 is 74.9 Å². The van der Waals surface area contributed by atoms with E-state index >= 15 is 0 Å². The van der Waals surface area contributed by atoms with Gasteiger partial charge < -0.3 is 10.2 Å². The van der Waals surface area contributed by atoms with Crippen molar-refractivity contribution < 1.29 is 83.9 Å². The minimum Gasteiger partial charge on any atom is -0.862 e. The molecule has 4 nitrogen and oxygen atoms in total. The van der Waals surface area contributed by atoms with Gasteiger partial charge in [0.25, 0.3) is 0 Å². The Balaban J connectivity index is 0.000000810. The van der Waals surface area contributed by atoms with Crippen LogP contribution in [0.2, 0.25) is 0 Å². The van der Waals surface area contributed by atoms with Crippen LogP contribution in [0.15, 0.2) is 4.99 Å². The largest absolute Gasteiger partial charge is 1.00 e. The van der Waals surface area contributed by atoms with Crippen molar-refractivity contribution in [1.82, 2.24) is 0 Å². The quantitative estimate of drug-likeness (QED) is 0.523. The summed E-state index contributed by atoms with van der Waals surface area (Å²) in [6.45, 7) is 0. The van der Waals surface area contributed by atoms with E-state index in [0.717, 1.165) is 0 Å². The van der Waals surface area contributed by atoms with Crippen LogP contribution in [-0.2, 0) is 4.79 Å². The van der Waals surface area contributed by atoms with Gasteiger partial charge in [-0.3, -0.25) is 4.99 Å². The first kappa shape index (κ1) is 11.0. The van der Waals surface area contributed by atoms with Gasteiger partial charge in [0.1, 0.15) is 6.04 Å². The van der Waals surface area contributed by atoms with Crippen molar-refractivity contribution in [1.29, 1.82) is 0 Å². The van der Waals surface area contributed by atoms with Crippen LogP contribution >= 0.6 is 0 Å². The summed E-state index contributed by atoms with van der Waals surface area (Å²) in [7, 11) is 0. The molecule has 10 heavy (non-hydrogen) atoms. The fourth-order valence-electron chi connectivity index (χ4n) is 0.742. The zero-order chi connectivity index (χ0) is 6.85. The summed E-state index contributed by atoms with van der Waals surface area (Å²) in [5.74, 6) is -1.29. The molecule has 0 aromatic heterocycles. The van der Waals surface area contributed by atoms with Crippen LogP contribution in [0, 0.1) is 0 Å². The summed E-state index contributed by atoms with van der Waals surface area (Å²) in [5.41, 5.74) is 0. The molecule has 0 radical (unpaired) electrons. The van der Waals surface area contributed by atoms with E-state index < -0.39 is 12.0 Å². The molecule has 1 heterocycles. The number of carbonyl (C=O) groups is 1. The summed E-state index contributed by atoms with van der Waals surface area (Å²) in [6.07, 6.45) is 0.658. The molecule has 0 aromatic carbocycles. The monoisotopic (exact) mass is 261 g/mol. The van der Waals surface area contributed by atoms with Crippen molar-refractivity contribution >= 4 is 11.9 Å². The average Bonchev–Trinajstić information content (AvgIpc) is 2.14. The van der Waals surface area contributed by atoms with Gasteiger partial charge in [-0.1, -0.05) is 0 Å². The zero-order valence-electron chi connectivity index (χ0n) is 5.70. The summed E-state index contributed by atoms with van der Waals surface area (Å²) in [6, 6.07) is -0.766. The minimum atomic E-state index is -0.999. The van der Waals surface area contributed by atoms with Gasteiger partial charge in [0.15, 0.2) is 0 Å². The Hall–Kier alpha value is 0.992. The maximum absolute atomic E-state index is 10.3. The van der Waals surface area contributed by atoms with Gasteiger partial charge in [-0.05, 0) is 18.7 Å². The molecule has 0 aromatic rings. The van der Waals surface area contributed by atoms with E-state index in [2.05, 4.69) is 4.99 Å². The fourth-order valence-corrected chi connectivity index (χ4v) is 0.742. The first-order valence-corrected chi connectivity index (χ1v) is 2.66. The molecule has 0 spiro atoms. The van der Waals surface area contributed by atoms with Crippen molar-refractivity contribution in [3.63, 3.8) is 0 Å². The SMILES string of the molecule is O=C(O)[C@H]1CCC([O-])=N1.[Cs+]. The third kappa shape index (κ3) is 2.93. The number of hydrogen-bond donors (Lipinski definition) is 1. The van der Waals surface area contributed by atoms with E-state index in [0.29, 0.717) is 6.42 Å². The maximum Gasteiger partial charge on any atom is 1.00 e. The Morgan fingerprint density at radius 2 is 2.40 bits per heavy atom. The maximum atomic E-state index is 10.3. The molecule has 1 atom stereocenters. The normalized spacial score (nSPS) is 23.2. The Kier molecular flexibility index (Phi) is 5.26. The Bertz CT molecular complexity index is 168. The molecular weight excluding hydrogens is 255 g/mol. The van der Waals surface area contributed by atoms with Crippen molar-refractivity contribution in [3.8, 4) is 0 Å². The van der Waals surface area contributed by atoms with Crippen molar-refractivity contribution in [3.05, 3.63) is 0 Å². The van der Waals surface area contributed by atoms with Gasteiger partial charge in [-0.25, -0.2) is 4.79 Å². The molecule has 1 aliphatic heterocycles. The van der Waals surface area contributed by atoms with Crippen LogP contribution in [-0.4, -0.2) is 23.0 Å². The van der Waals surface area contributed by atoms with Gasteiger partial charge in [0.2, 0.25) is 0 Å². The Morgan fingerprint density at radius 3 is 2.60 bits per heavy atom. The molecule has 0 unspecified atom stereocenters. The smallest absolute Gasteiger partial charge is 0.862 e. The molecule has 5 heteroatoms. The molecule has 0 amide bonds. The summed E-state index contributed by atoms with van der Waals surface area (Å²) in [4.78, 5) is 13.5. The molecule has 0 aliphatic carbocycles. The average molecular weight is 261 g/mol. The summed E-state index contributed by atoms with van der Waals surface area (Å²) < 4.78 is 0. The van der Waals surface area contributed by atoms with Gasteiger partial charge in [-0.15, -0.1) is 0 Å². The summed E-state index contributed by atoms with van der Waals surface area (Å²) >= 11 is 0. The molecule has 0 fully saturated rings. The Morgan fingerprint density at radius 1 is 1.80 bits per heavy atom. The third-order valence-corrected chi connectivity index (χ3v) is 1.22. The van der Waals surface area contributed by atoms with Crippen molar-refractivity contribution in [2.24, 2.45) is 4.99 Å². The standard InChI is InChI=1S/C5H7NO3.Cs/c7-4-2-1-3(6-4)5(8)9;/h3H,1-2H2,(H,6,7)(H,8,9);/q;+1/p-1/t3-;/m1./s1. The van der Waals surface area contributed by atoms with Crippen molar-refractivity contribution in [2.75, 3.05) is 0 Å². The number of aliphatic imine (C=N–C) groups is 1. The fraction of sp³-hybridized carbons (Fsp3) is 0.600. The van der Waals surface area contributed by atoms with E-state index in [-0.39, 0.29) is 81.2 Å². The molecule has 0 saturated carbocycles. The van der Waals surface area contributed by atoms with Gasteiger partial charge in [0, 0.05) is 0 Å². The first-order valence-electron chi connectivity index (χ1n) is 2.66. The molecule has 0 bridgehead atoms. The molecule has 50 valence electrons. The van der Waals surface area contributed by atoms with Gasteiger partial charge in [0.05, 0.1) is 0 Å². The molecule has 1 rings (SSSR count). The van der Waals surface area contributed by atoms with Gasteiger partial charge in [-0.2, -0.15) is 0 Å². The van der Waals surface area contributed by atoms with E-state index in [9.17, 15) is 9.90 Å². The number of rotatable bonds is 1. The van der Waals surface area contributed by atoms with E-state index in [4.69, 9.17) is 5.11 Å². The van der Waals surface area contributed by atoms with E-state index in [1.807, 2.05) is 0 Å². The number of aliphatic carboxylic acids is 1. The zero-order valence-corrected chi connectivity index (χ0v) is 12.0. The predicted octanol–water partition coefficient (Wildman–Crippen LogP) is -4.00. The summed E-state index contributed by atoms with van der Waals surface area (Å²) in [5, 5.41) is 18.6. The Labute approximate surface area is 117 Å². The number of carboxylic acids is 1. The molecular formula is C5H6CsNO3. The third-order valence-electron chi connectivity index (χ3n) is 1.22. The van der Waals surface area contributed by atoms with Crippen LogP contribution < -0.4 is 74.0 Å². The van der Waals surface area contributed by atoms with Crippen LogP contribution in [0.4, 0.5) is 0 Å².